The highest BCUT2D eigenvalue weighted by Crippen LogP contribution is 2.47. The van der Waals surface area contributed by atoms with Crippen LogP contribution in [0.4, 0.5) is 0 Å². The molecule has 1 saturated heterocycles. The summed E-state index contributed by atoms with van der Waals surface area (Å²) < 4.78 is 0. The molecule has 2 amide bonds. The Hall–Kier alpha value is -1.06. The van der Waals surface area contributed by atoms with E-state index in [1.807, 2.05) is 18.7 Å². The third kappa shape index (κ3) is 3.41. The lowest BCUT2D eigenvalue weighted by Gasteiger charge is -2.51. The SMILES string of the molecule is CC(C)C1C(=O)NCC(=O)N1C1CC(C)(C)CC(C)(C)C1. The molecule has 4 heteroatoms. The Balaban J connectivity index is 2.32. The quantitative estimate of drug-likeness (QED) is 0.851. The van der Waals surface area contributed by atoms with Gasteiger partial charge in [0, 0.05) is 6.04 Å². The van der Waals surface area contributed by atoms with Gasteiger partial charge in [0.05, 0.1) is 6.54 Å². The van der Waals surface area contributed by atoms with Crippen LogP contribution in [0.2, 0.25) is 0 Å². The van der Waals surface area contributed by atoms with Gasteiger partial charge in [-0.05, 0) is 36.0 Å². The maximum atomic E-state index is 12.5. The summed E-state index contributed by atoms with van der Waals surface area (Å²) in [5.41, 5.74) is 0.421. The molecule has 1 atom stereocenters. The molecule has 0 aromatic heterocycles. The van der Waals surface area contributed by atoms with Crippen LogP contribution >= 0.6 is 0 Å². The topological polar surface area (TPSA) is 49.4 Å². The molecule has 2 rings (SSSR count). The van der Waals surface area contributed by atoms with Crippen molar-refractivity contribution in [3.8, 4) is 0 Å². The van der Waals surface area contributed by atoms with Gasteiger partial charge < -0.3 is 10.2 Å². The third-order valence-electron chi connectivity index (χ3n) is 4.83. The Morgan fingerprint density at radius 1 is 1.10 bits per heavy atom. The second kappa shape index (κ2) is 5.29. The normalized spacial score (nSPS) is 29.7. The van der Waals surface area contributed by atoms with Gasteiger partial charge in [-0.25, -0.2) is 0 Å². The van der Waals surface area contributed by atoms with Crippen molar-refractivity contribution in [3.63, 3.8) is 0 Å². The first kappa shape index (κ1) is 16.3. The van der Waals surface area contributed by atoms with Crippen molar-refractivity contribution in [3.05, 3.63) is 0 Å². The fourth-order valence-corrected chi connectivity index (χ4v) is 4.68. The van der Waals surface area contributed by atoms with Crippen molar-refractivity contribution >= 4 is 11.8 Å². The molecule has 1 unspecified atom stereocenters. The second-order valence-electron chi connectivity index (χ2n) is 8.77. The highest BCUT2D eigenvalue weighted by atomic mass is 16.2. The van der Waals surface area contributed by atoms with Crippen LogP contribution in [-0.2, 0) is 9.59 Å². The number of amides is 2. The van der Waals surface area contributed by atoms with Gasteiger partial charge >= 0.3 is 0 Å². The van der Waals surface area contributed by atoms with Crippen LogP contribution in [0.5, 0.6) is 0 Å². The maximum absolute atomic E-state index is 12.5. The van der Waals surface area contributed by atoms with Crippen molar-refractivity contribution in [2.45, 2.75) is 72.9 Å². The Kier molecular flexibility index (Phi) is 4.11. The molecule has 0 radical (unpaired) electrons. The van der Waals surface area contributed by atoms with Crippen molar-refractivity contribution in [2.75, 3.05) is 6.54 Å². The molecule has 0 spiro atoms. The second-order valence-corrected chi connectivity index (χ2v) is 8.77. The zero-order chi connectivity index (χ0) is 16.0. The standard InChI is InChI=1S/C17H30N2O2/c1-11(2)14-15(21)18-9-13(20)19(14)12-7-16(3,4)10-17(5,6)8-12/h11-12,14H,7-10H2,1-6H3,(H,18,21). The van der Waals surface area contributed by atoms with E-state index in [1.165, 1.54) is 0 Å². The highest BCUT2D eigenvalue weighted by Gasteiger charge is 2.46. The van der Waals surface area contributed by atoms with E-state index in [1.54, 1.807) is 0 Å². The number of carbonyl (C=O) groups excluding carboxylic acids is 2. The van der Waals surface area contributed by atoms with Crippen molar-refractivity contribution < 1.29 is 9.59 Å². The van der Waals surface area contributed by atoms with Gasteiger partial charge in [-0.3, -0.25) is 9.59 Å². The number of hydrogen-bond acceptors (Lipinski definition) is 2. The summed E-state index contributed by atoms with van der Waals surface area (Å²) in [6, 6.07) is -0.143. The van der Waals surface area contributed by atoms with Crippen molar-refractivity contribution in [1.29, 1.82) is 0 Å². The van der Waals surface area contributed by atoms with Crippen LogP contribution in [0.25, 0.3) is 0 Å². The minimum atomic E-state index is -0.319. The van der Waals surface area contributed by atoms with Crippen LogP contribution in [0.1, 0.15) is 60.8 Å². The van der Waals surface area contributed by atoms with Crippen molar-refractivity contribution in [1.82, 2.24) is 10.2 Å². The summed E-state index contributed by atoms with van der Waals surface area (Å²) in [4.78, 5) is 26.6. The lowest BCUT2D eigenvalue weighted by Crippen LogP contribution is -2.64. The Morgan fingerprint density at radius 2 is 1.62 bits per heavy atom. The molecule has 2 aliphatic rings. The molecule has 1 N–H and O–H groups in total. The fourth-order valence-electron chi connectivity index (χ4n) is 4.68. The molecule has 0 aromatic carbocycles. The number of rotatable bonds is 2. The molecule has 1 aliphatic carbocycles. The number of piperazine rings is 1. The average molecular weight is 294 g/mol. The van der Waals surface area contributed by atoms with Crippen LogP contribution < -0.4 is 5.32 Å². The van der Waals surface area contributed by atoms with Gasteiger partial charge in [-0.1, -0.05) is 41.5 Å². The zero-order valence-electron chi connectivity index (χ0n) is 14.3. The highest BCUT2D eigenvalue weighted by molar-refractivity contribution is 5.95. The number of carbonyl (C=O) groups is 2. The van der Waals surface area contributed by atoms with Gasteiger partial charge in [0.2, 0.25) is 11.8 Å². The first-order valence-corrected chi connectivity index (χ1v) is 8.11. The molecular formula is C17H30N2O2. The molecule has 2 fully saturated rings. The van der Waals surface area contributed by atoms with E-state index >= 15 is 0 Å². The molecule has 0 aromatic rings. The molecule has 21 heavy (non-hydrogen) atoms. The molecule has 120 valence electrons. The van der Waals surface area contributed by atoms with Gasteiger partial charge in [-0.15, -0.1) is 0 Å². The van der Waals surface area contributed by atoms with E-state index in [0.717, 1.165) is 19.3 Å². The van der Waals surface area contributed by atoms with E-state index in [0.29, 0.717) is 0 Å². The predicted octanol–water partition coefficient (Wildman–Crippen LogP) is 2.57. The van der Waals surface area contributed by atoms with Crippen LogP contribution in [0, 0.1) is 16.7 Å². The monoisotopic (exact) mass is 294 g/mol. The lowest BCUT2D eigenvalue weighted by atomic mass is 9.63. The molecule has 1 aliphatic heterocycles. The summed E-state index contributed by atoms with van der Waals surface area (Å²) in [5.74, 6) is 0.222. The maximum Gasteiger partial charge on any atom is 0.243 e. The van der Waals surface area contributed by atoms with E-state index in [2.05, 4.69) is 33.0 Å². The van der Waals surface area contributed by atoms with E-state index in [9.17, 15) is 9.59 Å². The molecule has 1 heterocycles. The Bertz CT molecular complexity index is 424. The molecular weight excluding hydrogens is 264 g/mol. The summed E-state index contributed by atoms with van der Waals surface area (Å²) in [6.45, 7) is 13.3. The zero-order valence-corrected chi connectivity index (χ0v) is 14.3. The van der Waals surface area contributed by atoms with E-state index < -0.39 is 0 Å². The Morgan fingerprint density at radius 3 is 2.10 bits per heavy atom. The lowest BCUT2D eigenvalue weighted by molar-refractivity contribution is -0.153. The predicted molar refractivity (Wildman–Crippen MR) is 83.7 cm³/mol. The number of nitrogens with zero attached hydrogens (tertiary/aromatic N) is 1. The minimum Gasteiger partial charge on any atom is -0.345 e. The number of hydrogen-bond donors (Lipinski definition) is 1. The van der Waals surface area contributed by atoms with Gasteiger partial charge in [0.25, 0.3) is 0 Å². The van der Waals surface area contributed by atoms with E-state index in [4.69, 9.17) is 0 Å². The van der Waals surface area contributed by atoms with Crippen molar-refractivity contribution in [2.24, 2.45) is 16.7 Å². The Labute approximate surface area is 128 Å². The fraction of sp³-hybridized carbons (Fsp3) is 0.882. The third-order valence-corrected chi connectivity index (χ3v) is 4.83. The largest absolute Gasteiger partial charge is 0.345 e. The molecule has 4 nitrogen and oxygen atoms in total. The summed E-state index contributed by atoms with van der Waals surface area (Å²) >= 11 is 0. The average Bonchev–Trinajstić information content (AvgIpc) is 2.27. The summed E-state index contributed by atoms with van der Waals surface area (Å²) in [6.07, 6.45) is 3.13. The first-order chi connectivity index (χ1) is 9.52. The smallest absolute Gasteiger partial charge is 0.243 e. The molecule has 1 saturated carbocycles. The van der Waals surface area contributed by atoms with Gasteiger partial charge in [0.1, 0.15) is 6.04 Å². The first-order valence-electron chi connectivity index (χ1n) is 8.11. The van der Waals surface area contributed by atoms with Crippen LogP contribution in [-0.4, -0.2) is 35.3 Å². The van der Waals surface area contributed by atoms with E-state index in [-0.39, 0.29) is 47.2 Å². The van der Waals surface area contributed by atoms with Crippen LogP contribution in [0.15, 0.2) is 0 Å². The molecule has 0 bridgehead atoms. The van der Waals surface area contributed by atoms with Crippen LogP contribution in [0.3, 0.4) is 0 Å². The number of nitrogens with one attached hydrogen (secondary N) is 1. The van der Waals surface area contributed by atoms with Gasteiger partial charge in [-0.2, -0.15) is 0 Å². The summed E-state index contributed by atoms with van der Waals surface area (Å²) in [5, 5.41) is 2.74. The minimum absolute atomic E-state index is 0.00536. The van der Waals surface area contributed by atoms with Gasteiger partial charge in [0.15, 0.2) is 0 Å². The summed E-state index contributed by atoms with van der Waals surface area (Å²) in [7, 11) is 0.